The zero-order chi connectivity index (χ0) is 19.1. The van der Waals surface area contributed by atoms with Crippen LogP contribution >= 0.6 is 0 Å². The summed E-state index contributed by atoms with van der Waals surface area (Å²) in [7, 11) is 2.20. The number of nitrogens with two attached hydrogens (primary N) is 1. The van der Waals surface area contributed by atoms with Crippen molar-refractivity contribution >= 4 is 5.82 Å². The van der Waals surface area contributed by atoms with Crippen molar-refractivity contribution in [2.24, 2.45) is 11.7 Å². The molecule has 6 heteroatoms. The molecule has 1 saturated heterocycles. The maximum Gasteiger partial charge on any atom is 0.126 e. The molecule has 28 heavy (non-hydrogen) atoms. The highest BCUT2D eigenvalue weighted by molar-refractivity contribution is 5.64. The van der Waals surface area contributed by atoms with Gasteiger partial charge in [0.1, 0.15) is 5.82 Å². The van der Waals surface area contributed by atoms with E-state index in [1.807, 2.05) is 0 Å². The van der Waals surface area contributed by atoms with Gasteiger partial charge < -0.3 is 16.0 Å². The average Bonchev–Trinajstić information content (AvgIpc) is 3.43. The van der Waals surface area contributed by atoms with E-state index in [4.69, 9.17) is 15.8 Å². The molecule has 6 nitrogen and oxygen atoms in total. The fourth-order valence-corrected chi connectivity index (χ4v) is 4.58. The van der Waals surface area contributed by atoms with Crippen LogP contribution in [0, 0.1) is 5.92 Å². The van der Waals surface area contributed by atoms with Gasteiger partial charge in [-0.25, -0.2) is 4.98 Å². The van der Waals surface area contributed by atoms with Crippen molar-refractivity contribution < 1.29 is 0 Å². The van der Waals surface area contributed by atoms with E-state index in [1.165, 1.54) is 36.9 Å². The van der Waals surface area contributed by atoms with Crippen molar-refractivity contribution in [3.05, 3.63) is 30.1 Å². The van der Waals surface area contributed by atoms with Gasteiger partial charge in [-0.05, 0) is 83.3 Å². The second kappa shape index (κ2) is 7.48. The Kier molecular flexibility index (Phi) is 4.85. The van der Waals surface area contributed by atoms with Crippen molar-refractivity contribution in [3.8, 4) is 11.3 Å². The predicted octanol–water partition coefficient (Wildman–Crippen LogP) is 3.24. The molecule has 2 aliphatic carbocycles. The SMILES string of the molecule is CN1CCC(Nc2cccc(-c3cn(C4CC(CN)C4)nc3C3CC3)n2)CC1. The van der Waals surface area contributed by atoms with Crippen LogP contribution in [0.15, 0.2) is 24.4 Å². The zero-order valence-electron chi connectivity index (χ0n) is 16.8. The lowest BCUT2D eigenvalue weighted by Gasteiger charge is -2.34. The summed E-state index contributed by atoms with van der Waals surface area (Å²) in [6.07, 6.45) is 9.43. The first-order valence-corrected chi connectivity index (χ1v) is 10.9. The average molecular weight is 381 g/mol. The molecule has 150 valence electrons. The molecule has 0 aromatic carbocycles. The van der Waals surface area contributed by atoms with Crippen molar-refractivity contribution in [2.45, 2.75) is 56.5 Å². The molecular weight excluding hydrogens is 348 g/mol. The maximum absolute atomic E-state index is 5.81. The van der Waals surface area contributed by atoms with Crippen molar-refractivity contribution in [3.63, 3.8) is 0 Å². The first kappa shape index (κ1) is 18.1. The van der Waals surface area contributed by atoms with Gasteiger partial charge in [0.05, 0.1) is 17.4 Å². The predicted molar refractivity (Wildman–Crippen MR) is 112 cm³/mol. The minimum atomic E-state index is 0.514. The Hall–Kier alpha value is -1.92. The number of aromatic nitrogens is 3. The van der Waals surface area contributed by atoms with Crippen LogP contribution in [-0.2, 0) is 0 Å². The normalized spacial score (nSPS) is 26.2. The third-order valence-electron chi connectivity index (χ3n) is 6.74. The van der Waals surface area contributed by atoms with E-state index in [1.54, 1.807) is 0 Å². The Morgan fingerprint density at radius 1 is 1.14 bits per heavy atom. The summed E-state index contributed by atoms with van der Waals surface area (Å²) >= 11 is 0. The smallest absolute Gasteiger partial charge is 0.126 e. The zero-order valence-corrected chi connectivity index (χ0v) is 16.8. The number of nitrogens with one attached hydrogen (secondary N) is 1. The quantitative estimate of drug-likeness (QED) is 0.805. The van der Waals surface area contributed by atoms with Gasteiger partial charge in [0, 0.05) is 23.7 Å². The third-order valence-corrected chi connectivity index (χ3v) is 6.74. The number of pyridine rings is 1. The lowest BCUT2D eigenvalue weighted by atomic mass is 9.80. The molecule has 2 aromatic rings. The van der Waals surface area contributed by atoms with Crippen LogP contribution in [0.3, 0.4) is 0 Å². The molecule has 2 aromatic heterocycles. The highest BCUT2D eigenvalue weighted by Gasteiger charge is 2.34. The maximum atomic E-state index is 5.81. The molecule has 2 saturated carbocycles. The Balaban J connectivity index is 1.36. The monoisotopic (exact) mass is 380 g/mol. The fourth-order valence-electron chi connectivity index (χ4n) is 4.58. The van der Waals surface area contributed by atoms with E-state index in [2.05, 4.69) is 46.3 Å². The number of anilines is 1. The first-order chi connectivity index (χ1) is 13.7. The topological polar surface area (TPSA) is 72.0 Å². The van der Waals surface area contributed by atoms with Gasteiger partial charge in [-0.1, -0.05) is 6.07 Å². The van der Waals surface area contributed by atoms with Crippen LogP contribution in [0.2, 0.25) is 0 Å². The molecule has 3 fully saturated rings. The number of piperidine rings is 1. The molecule has 3 N–H and O–H groups in total. The van der Waals surface area contributed by atoms with Crippen LogP contribution in [0.25, 0.3) is 11.3 Å². The summed E-state index contributed by atoms with van der Waals surface area (Å²) in [6.45, 7) is 3.11. The number of hydrogen-bond acceptors (Lipinski definition) is 5. The standard InChI is InChI=1S/C22H32N6/c1-27-9-7-17(8-10-27)24-21-4-2-3-20(25-21)19-14-28(18-11-15(12-18)13-23)26-22(19)16-5-6-16/h2-4,14-18H,5-13,23H2,1H3,(H,24,25). The Morgan fingerprint density at radius 2 is 1.93 bits per heavy atom. The van der Waals surface area contributed by atoms with Crippen LogP contribution in [0.5, 0.6) is 0 Å². The van der Waals surface area contributed by atoms with E-state index in [9.17, 15) is 0 Å². The first-order valence-electron chi connectivity index (χ1n) is 10.9. The Bertz CT molecular complexity index is 812. The van der Waals surface area contributed by atoms with Gasteiger partial charge >= 0.3 is 0 Å². The second-order valence-electron chi connectivity index (χ2n) is 9.04. The molecule has 3 aliphatic rings. The largest absolute Gasteiger partial charge is 0.367 e. The summed E-state index contributed by atoms with van der Waals surface area (Å²) in [4.78, 5) is 7.37. The highest BCUT2D eigenvalue weighted by Crippen LogP contribution is 2.45. The fraction of sp³-hybridized carbons (Fsp3) is 0.636. The number of rotatable bonds is 6. The molecule has 0 unspecified atom stereocenters. The molecule has 0 atom stereocenters. The number of hydrogen-bond donors (Lipinski definition) is 2. The molecule has 5 rings (SSSR count). The third kappa shape index (κ3) is 3.67. The van der Waals surface area contributed by atoms with Gasteiger partial charge in [0.2, 0.25) is 0 Å². The van der Waals surface area contributed by atoms with Crippen molar-refractivity contribution in [1.82, 2.24) is 19.7 Å². The molecule has 0 bridgehead atoms. The Labute approximate surface area is 167 Å². The minimum absolute atomic E-state index is 0.514. The van der Waals surface area contributed by atoms with Crippen LogP contribution in [0.4, 0.5) is 5.82 Å². The van der Waals surface area contributed by atoms with E-state index in [-0.39, 0.29) is 0 Å². The lowest BCUT2D eigenvalue weighted by Crippen LogP contribution is -2.36. The van der Waals surface area contributed by atoms with Crippen molar-refractivity contribution in [1.29, 1.82) is 0 Å². The minimum Gasteiger partial charge on any atom is -0.367 e. The molecule has 3 heterocycles. The van der Waals surface area contributed by atoms with Crippen LogP contribution < -0.4 is 11.1 Å². The number of likely N-dealkylation sites (tertiary alicyclic amines) is 1. The van der Waals surface area contributed by atoms with Gasteiger partial charge in [-0.2, -0.15) is 5.10 Å². The van der Waals surface area contributed by atoms with E-state index in [0.717, 1.165) is 44.0 Å². The molecule has 0 spiro atoms. The summed E-state index contributed by atoms with van der Waals surface area (Å²) in [5.41, 5.74) is 9.34. The Morgan fingerprint density at radius 3 is 2.64 bits per heavy atom. The summed E-state index contributed by atoms with van der Waals surface area (Å²) in [5, 5.41) is 8.67. The van der Waals surface area contributed by atoms with Gasteiger partial charge in [0.15, 0.2) is 0 Å². The summed E-state index contributed by atoms with van der Waals surface area (Å²) in [6, 6.07) is 7.40. The van der Waals surface area contributed by atoms with Crippen molar-refractivity contribution in [2.75, 3.05) is 32.0 Å². The molecule has 0 amide bonds. The second-order valence-corrected chi connectivity index (χ2v) is 9.04. The van der Waals surface area contributed by atoms with E-state index >= 15 is 0 Å². The van der Waals surface area contributed by atoms with E-state index in [0.29, 0.717) is 23.9 Å². The van der Waals surface area contributed by atoms with Crippen LogP contribution in [0.1, 0.15) is 56.2 Å². The summed E-state index contributed by atoms with van der Waals surface area (Å²) < 4.78 is 2.20. The molecular formula is C22H32N6. The van der Waals surface area contributed by atoms with E-state index < -0.39 is 0 Å². The lowest BCUT2D eigenvalue weighted by molar-refractivity contribution is 0.189. The molecule has 0 radical (unpaired) electrons. The van der Waals surface area contributed by atoms with Crippen LogP contribution in [-0.4, -0.2) is 52.4 Å². The highest BCUT2D eigenvalue weighted by atomic mass is 15.3. The molecule has 1 aliphatic heterocycles. The van der Waals surface area contributed by atoms with Gasteiger partial charge in [-0.15, -0.1) is 0 Å². The van der Waals surface area contributed by atoms with Gasteiger partial charge in [-0.3, -0.25) is 4.68 Å². The summed E-state index contributed by atoms with van der Waals surface area (Å²) in [5.74, 6) is 2.28. The van der Waals surface area contributed by atoms with Gasteiger partial charge in [0.25, 0.3) is 0 Å². The number of nitrogens with zero attached hydrogens (tertiary/aromatic N) is 4.